The van der Waals surface area contributed by atoms with Gasteiger partial charge in [-0.2, -0.15) is 5.10 Å². The lowest BCUT2D eigenvalue weighted by atomic mass is 10.0. The van der Waals surface area contributed by atoms with Crippen LogP contribution in [0.3, 0.4) is 0 Å². The zero-order valence-electron chi connectivity index (χ0n) is 12.7. The van der Waals surface area contributed by atoms with E-state index in [4.69, 9.17) is 0 Å². The Kier molecular flexibility index (Phi) is 3.92. The first-order valence-electron chi connectivity index (χ1n) is 7.65. The summed E-state index contributed by atoms with van der Waals surface area (Å²) in [4.78, 5) is 14.9. The van der Waals surface area contributed by atoms with Gasteiger partial charge in [-0.15, -0.1) is 0 Å². The van der Waals surface area contributed by atoms with E-state index >= 15 is 0 Å². The standard InChI is InChI=1S/C16H22N4O/c1-3-20(12-8-10-17-11-9-12)16(21)15-13-6-4-5-7-14(13)19(2)18-15/h4-7,12,17H,3,8-11H2,1-2H3. The first kappa shape index (κ1) is 14.1. The van der Waals surface area contributed by atoms with Crippen LogP contribution in [0, 0.1) is 0 Å². The summed E-state index contributed by atoms with van der Waals surface area (Å²) in [6.07, 6.45) is 2.04. The highest BCUT2D eigenvalue weighted by atomic mass is 16.2. The smallest absolute Gasteiger partial charge is 0.275 e. The molecule has 21 heavy (non-hydrogen) atoms. The molecule has 3 rings (SSSR count). The Bertz CT molecular complexity index is 643. The first-order valence-corrected chi connectivity index (χ1v) is 7.65. The number of aromatic nitrogens is 2. The Morgan fingerprint density at radius 2 is 2.10 bits per heavy atom. The summed E-state index contributed by atoms with van der Waals surface area (Å²) < 4.78 is 1.79. The van der Waals surface area contributed by atoms with Crippen molar-refractivity contribution in [2.75, 3.05) is 19.6 Å². The molecule has 112 valence electrons. The van der Waals surface area contributed by atoms with Crippen molar-refractivity contribution in [1.82, 2.24) is 20.0 Å². The molecule has 0 saturated carbocycles. The number of amides is 1. The molecule has 1 aliphatic heterocycles. The Hall–Kier alpha value is -1.88. The van der Waals surface area contributed by atoms with Gasteiger partial charge in [-0.3, -0.25) is 9.48 Å². The number of carbonyl (C=O) groups is 1. The number of nitrogens with one attached hydrogen (secondary N) is 1. The zero-order chi connectivity index (χ0) is 14.8. The fourth-order valence-electron chi connectivity index (χ4n) is 3.19. The lowest BCUT2D eigenvalue weighted by Crippen LogP contribution is -2.46. The molecular weight excluding hydrogens is 264 g/mol. The topological polar surface area (TPSA) is 50.2 Å². The third-order valence-corrected chi connectivity index (χ3v) is 4.31. The van der Waals surface area contributed by atoms with Crippen LogP contribution >= 0.6 is 0 Å². The van der Waals surface area contributed by atoms with Crippen LogP contribution in [0.15, 0.2) is 24.3 Å². The van der Waals surface area contributed by atoms with Gasteiger partial charge in [-0.1, -0.05) is 18.2 Å². The molecule has 1 saturated heterocycles. The van der Waals surface area contributed by atoms with E-state index in [-0.39, 0.29) is 5.91 Å². The van der Waals surface area contributed by atoms with Crippen LogP contribution in [0.5, 0.6) is 0 Å². The molecule has 0 bridgehead atoms. The highest BCUT2D eigenvalue weighted by molar-refractivity contribution is 6.04. The maximum atomic E-state index is 12.9. The van der Waals surface area contributed by atoms with Gasteiger partial charge in [-0.25, -0.2) is 0 Å². The average molecular weight is 286 g/mol. The number of nitrogens with zero attached hydrogens (tertiary/aromatic N) is 3. The fourth-order valence-corrected chi connectivity index (χ4v) is 3.19. The molecule has 1 aromatic carbocycles. The summed E-state index contributed by atoms with van der Waals surface area (Å²) >= 11 is 0. The van der Waals surface area contributed by atoms with Crippen LogP contribution in [0.1, 0.15) is 30.3 Å². The number of hydrogen-bond donors (Lipinski definition) is 1. The van der Waals surface area contributed by atoms with E-state index in [0.717, 1.165) is 43.4 Å². The van der Waals surface area contributed by atoms with Crippen molar-refractivity contribution in [2.24, 2.45) is 7.05 Å². The van der Waals surface area contributed by atoms with Crippen molar-refractivity contribution in [3.63, 3.8) is 0 Å². The summed E-state index contributed by atoms with van der Waals surface area (Å²) in [6, 6.07) is 8.24. The van der Waals surface area contributed by atoms with Gasteiger partial charge in [-0.05, 0) is 38.9 Å². The molecule has 1 amide bonds. The van der Waals surface area contributed by atoms with E-state index < -0.39 is 0 Å². The quantitative estimate of drug-likeness (QED) is 0.936. The van der Waals surface area contributed by atoms with Crippen molar-refractivity contribution in [1.29, 1.82) is 0 Å². The van der Waals surface area contributed by atoms with Gasteiger partial charge < -0.3 is 10.2 Å². The number of carbonyl (C=O) groups excluding carboxylic acids is 1. The number of hydrogen-bond acceptors (Lipinski definition) is 3. The Labute approximate surface area is 124 Å². The third-order valence-electron chi connectivity index (χ3n) is 4.31. The van der Waals surface area contributed by atoms with Gasteiger partial charge >= 0.3 is 0 Å². The van der Waals surface area contributed by atoms with E-state index in [9.17, 15) is 4.79 Å². The molecule has 0 aliphatic carbocycles. The molecule has 1 aliphatic rings. The highest BCUT2D eigenvalue weighted by Crippen LogP contribution is 2.21. The number of aryl methyl sites for hydroxylation is 1. The number of benzene rings is 1. The number of para-hydroxylation sites is 1. The molecule has 0 radical (unpaired) electrons. The summed E-state index contributed by atoms with van der Waals surface area (Å²) in [5, 5.41) is 8.75. The van der Waals surface area contributed by atoms with Crippen LogP contribution in [-0.2, 0) is 7.05 Å². The minimum absolute atomic E-state index is 0.0567. The van der Waals surface area contributed by atoms with Gasteiger partial charge in [0.1, 0.15) is 0 Å². The number of rotatable bonds is 3. The molecule has 1 aromatic heterocycles. The molecule has 0 unspecified atom stereocenters. The minimum atomic E-state index is 0.0567. The SMILES string of the molecule is CCN(C(=O)c1nn(C)c2ccccc12)C1CCNCC1. The highest BCUT2D eigenvalue weighted by Gasteiger charge is 2.27. The second-order valence-electron chi connectivity index (χ2n) is 5.56. The first-order chi connectivity index (χ1) is 10.2. The predicted molar refractivity (Wildman–Crippen MR) is 83.3 cm³/mol. The zero-order valence-corrected chi connectivity index (χ0v) is 12.7. The van der Waals surface area contributed by atoms with Gasteiger partial charge in [0.05, 0.1) is 5.52 Å². The van der Waals surface area contributed by atoms with Crippen molar-refractivity contribution in [3.8, 4) is 0 Å². The number of piperidine rings is 1. The van der Waals surface area contributed by atoms with Crippen LogP contribution in [0.2, 0.25) is 0 Å². The lowest BCUT2D eigenvalue weighted by molar-refractivity contribution is 0.0651. The van der Waals surface area contributed by atoms with E-state index in [1.54, 1.807) is 4.68 Å². The molecule has 1 N–H and O–H groups in total. The van der Waals surface area contributed by atoms with Gasteiger partial charge in [0.15, 0.2) is 5.69 Å². The maximum absolute atomic E-state index is 12.9. The molecule has 2 heterocycles. The monoisotopic (exact) mass is 286 g/mol. The third kappa shape index (κ3) is 2.53. The van der Waals surface area contributed by atoms with Crippen LogP contribution in [0.4, 0.5) is 0 Å². The lowest BCUT2D eigenvalue weighted by Gasteiger charge is -2.33. The molecule has 1 fully saturated rings. The molecule has 5 heteroatoms. The largest absolute Gasteiger partial charge is 0.334 e. The Morgan fingerprint density at radius 1 is 1.38 bits per heavy atom. The van der Waals surface area contributed by atoms with E-state index in [0.29, 0.717) is 11.7 Å². The van der Waals surface area contributed by atoms with E-state index in [1.165, 1.54) is 0 Å². The van der Waals surface area contributed by atoms with Crippen molar-refractivity contribution in [3.05, 3.63) is 30.0 Å². The second kappa shape index (κ2) is 5.85. The maximum Gasteiger partial charge on any atom is 0.275 e. The van der Waals surface area contributed by atoms with Crippen LogP contribution < -0.4 is 5.32 Å². The van der Waals surface area contributed by atoms with Crippen molar-refractivity contribution in [2.45, 2.75) is 25.8 Å². The van der Waals surface area contributed by atoms with Crippen molar-refractivity contribution < 1.29 is 4.79 Å². The number of fused-ring (bicyclic) bond motifs is 1. The van der Waals surface area contributed by atoms with Crippen molar-refractivity contribution >= 4 is 16.8 Å². The minimum Gasteiger partial charge on any atom is -0.334 e. The Morgan fingerprint density at radius 3 is 2.81 bits per heavy atom. The van der Waals surface area contributed by atoms with Gasteiger partial charge in [0, 0.05) is 25.0 Å². The van der Waals surface area contributed by atoms with Crippen LogP contribution in [0.25, 0.3) is 10.9 Å². The molecule has 0 spiro atoms. The molecule has 5 nitrogen and oxygen atoms in total. The van der Waals surface area contributed by atoms with E-state index in [1.807, 2.05) is 43.1 Å². The fraction of sp³-hybridized carbons (Fsp3) is 0.500. The van der Waals surface area contributed by atoms with Gasteiger partial charge in [0.25, 0.3) is 5.91 Å². The Balaban J connectivity index is 1.94. The van der Waals surface area contributed by atoms with E-state index in [2.05, 4.69) is 10.4 Å². The predicted octanol–water partition coefficient (Wildman–Crippen LogP) is 1.79. The molecule has 0 atom stereocenters. The summed E-state index contributed by atoms with van der Waals surface area (Å²) in [5.74, 6) is 0.0567. The second-order valence-corrected chi connectivity index (χ2v) is 5.56. The summed E-state index contributed by atoms with van der Waals surface area (Å²) in [5.41, 5.74) is 1.58. The van der Waals surface area contributed by atoms with Crippen LogP contribution in [-0.4, -0.2) is 46.3 Å². The average Bonchev–Trinajstić information content (AvgIpc) is 2.87. The normalized spacial score (nSPS) is 16.3. The summed E-state index contributed by atoms with van der Waals surface area (Å²) in [7, 11) is 1.89. The molecule has 2 aromatic rings. The summed E-state index contributed by atoms with van der Waals surface area (Å²) in [6.45, 7) is 4.74. The van der Waals surface area contributed by atoms with Gasteiger partial charge in [0.2, 0.25) is 0 Å². The molecular formula is C16H22N4O.